The minimum Gasteiger partial charge on any atom is -0.376 e. The number of aromatic nitrogens is 4. The predicted octanol–water partition coefficient (Wildman–Crippen LogP) is 3.07. The third-order valence-corrected chi connectivity index (χ3v) is 5.97. The molecule has 2 aromatic carbocycles. The number of fused-ring (bicyclic) bond motifs is 1. The second-order valence-electron chi connectivity index (χ2n) is 7.86. The molecule has 0 aliphatic carbocycles. The average Bonchev–Trinajstić information content (AvgIpc) is 3.52. The highest BCUT2D eigenvalue weighted by Gasteiger charge is 2.32. The van der Waals surface area contributed by atoms with Crippen LogP contribution in [0.1, 0.15) is 30.0 Å². The Balaban J connectivity index is 1.47. The fourth-order valence-corrected chi connectivity index (χ4v) is 4.24. The molecule has 1 N–H and O–H groups in total. The first-order chi connectivity index (χ1) is 15.7. The molecule has 5 rings (SSSR count). The van der Waals surface area contributed by atoms with Crippen molar-refractivity contribution in [2.24, 2.45) is 0 Å². The van der Waals surface area contributed by atoms with Crippen molar-refractivity contribution in [1.82, 2.24) is 25.5 Å². The lowest BCUT2D eigenvalue weighted by atomic mass is 10.0. The van der Waals surface area contributed by atoms with Gasteiger partial charge in [-0.2, -0.15) is 4.68 Å². The normalized spacial score (nSPS) is 20.0. The number of carbonyl (C=O) groups excluding carboxylic acids is 1. The summed E-state index contributed by atoms with van der Waals surface area (Å²) < 4.78 is 7.35. The van der Waals surface area contributed by atoms with Crippen LogP contribution in [-0.4, -0.2) is 51.9 Å². The maximum absolute atomic E-state index is 12.8. The predicted molar refractivity (Wildman–Crippen MR) is 121 cm³/mol. The lowest BCUT2D eigenvalue weighted by Crippen LogP contribution is -2.42. The zero-order valence-corrected chi connectivity index (χ0v) is 18.2. The summed E-state index contributed by atoms with van der Waals surface area (Å²) in [7, 11) is 0. The highest BCUT2D eigenvalue weighted by atomic mass is 35.5. The molecule has 0 bridgehead atoms. The summed E-state index contributed by atoms with van der Waals surface area (Å²) in [6.07, 6.45) is 4.16. The number of allylic oxidation sites excluding steroid dienone is 1. The molecule has 0 spiro atoms. The molecule has 3 heterocycles. The number of carbonyl (C=O) groups is 1. The zero-order valence-electron chi connectivity index (χ0n) is 17.4. The molecule has 1 saturated heterocycles. The van der Waals surface area contributed by atoms with Crippen LogP contribution in [0, 0.1) is 0 Å². The van der Waals surface area contributed by atoms with Gasteiger partial charge in [-0.25, -0.2) is 0 Å². The van der Waals surface area contributed by atoms with Gasteiger partial charge in [0, 0.05) is 18.2 Å². The van der Waals surface area contributed by atoms with E-state index >= 15 is 0 Å². The Morgan fingerprint density at radius 2 is 1.97 bits per heavy atom. The largest absolute Gasteiger partial charge is 0.376 e. The summed E-state index contributed by atoms with van der Waals surface area (Å²) in [5, 5.41) is 16.0. The van der Waals surface area contributed by atoms with Crippen LogP contribution in [0.2, 0.25) is 5.02 Å². The number of anilines is 1. The van der Waals surface area contributed by atoms with Crippen molar-refractivity contribution in [1.29, 1.82) is 0 Å². The van der Waals surface area contributed by atoms with Crippen LogP contribution in [0.3, 0.4) is 0 Å². The molecule has 0 radical (unpaired) electrons. The highest BCUT2D eigenvalue weighted by Crippen LogP contribution is 2.36. The second kappa shape index (κ2) is 9.10. The summed E-state index contributed by atoms with van der Waals surface area (Å²) in [6, 6.07) is 17.4. The monoisotopic (exact) mass is 450 g/mol. The van der Waals surface area contributed by atoms with E-state index in [2.05, 4.69) is 26.9 Å². The van der Waals surface area contributed by atoms with E-state index in [9.17, 15) is 4.79 Å². The number of nitrogens with one attached hydrogen (secondary N) is 1. The summed E-state index contributed by atoms with van der Waals surface area (Å²) >= 11 is 6.12. The Morgan fingerprint density at radius 3 is 2.72 bits per heavy atom. The number of amides is 1. The Kier molecular flexibility index (Phi) is 5.87. The van der Waals surface area contributed by atoms with Crippen LogP contribution in [0.15, 0.2) is 60.7 Å². The Hall–Kier alpha value is -3.23. The second-order valence-corrected chi connectivity index (χ2v) is 8.30. The third-order valence-electron chi connectivity index (χ3n) is 5.72. The van der Waals surface area contributed by atoms with Crippen molar-refractivity contribution in [2.45, 2.75) is 25.0 Å². The molecule has 164 valence electrons. The number of nitrogens with zero attached hydrogens (tertiary/aromatic N) is 5. The molecule has 2 unspecified atom stereocenters. The topological polar surface area (TPSA) is 85.2 Å². The first kappa shape index (κ1) is 20.7. The van der Waals surface area contributed by atoms with E-state index < -0.39 is 0 Å². The van der Waals surface area contributed by atoms with Crippen molar-refractivity contribution < 1.29 is 9.53 Å². The van der Waals surface area contributed by atoms with Crippen LogP contribution < -0.4 is 10.2 Å². The molecule has 8 nitrogen and oxygen atoms in total. The number of hydrogen-bond acceptors (Lipinski definition) is 6. The quantitative estimate of drug-likeness (QED) is 0.621. The van der Waals surface area contributed by atoms with Gasteiger partial charge in [-0.3, -0.25) is 9.69 Å². The molecule has 1 fully saturated rings. The van der Waals surface area contributed by atoms with Crippen LogP contribution in [0.25, 0.3) is 5.70 Å². The van der Waals surface area contributed by atoms with E-state index in [0.717, 1.165) is 36.3 Å². The van der Waals surface area contributed by atoms with Gasteiger partial charge in [0.15, 0.2) is 0 Å². The molecule has 2 aliphatic heterocycles. The van der Waals surface area contributed by atoms with E-state index in [1.165, 1.54) is 0 Å². The van der Waals surface area contributed by atoms with Gasteiger partial charge in [0.2, 0.25) is 5.91 Å². The number of rotatable bonds is 6. The van der Waals surface area contributed by atoms with Gasteiger partial charge in [-0.1, -0.05) is 59.2 Å². The van der Waals surface area contributed by atoms with Crippen molar-refractivity contribution in [3.05, 3.63) is 76.8 Å². The molecule has 3 aromatic rings. The van der Waals surface area contributed by atoms with E-state index in [4.69, 9.17) is 16.3 Å². The van der Waals surface area contributed by atoms with Gasteiger partial charge < -0.3 is 10.1 Å². The first-order valence-electron chi connectivity index (χ1n) is 10.7. The zero-order chi connectivity index (χ0) is 21.9. The Bertz CT molecular complexity index is 1110. The fourth-order valence-electron chi connectivity index (χ4n) is 4.11. The summed E-state index contributed by atoms with van der Waals surface area (Å²) in [5.74, 6) is 0.395. The maximum Gasteiger partial charge on any atom is 0.251 e. The van der Waals surface area contributed by atoms with Gasteiger partial charge in [-0.05, 0) is 52.6 Å². The highest BCUT2D eigenvalue weighted by molar-refractivity contribution is 6.30. The number of benzene rings is 2. The third kappa shape index (κ3) is 4.24. The standard InChI is InChI=1S/C23H23ClN6O2/c24-18-10-8-17(9-11-18)20-13-21(16-5-2-1-3-6-16)30-23(26-27-28-30)29(20)15-22(31)25-14-19-7-4-12-32-19/h1-3,5-6,8-11,13,19,21H,4,7,12,14-15H2,(H,25,31). The maximum atomic E-state index is 12.8. The van der Waals surface area contributed by atoms with Crippen molar-refractivity contribution in [3.63, 3.8) is 0 Å². The van der Waals surface area contributed by atoms with E-state index in [1.54, 1.807) is 4.68 Å². The minimum atomic E-state index is -0.196. The smallest absolute Gasteiger partial charge is 0.251 e. The first-order valence-corrected chi connectivity index (χ1v) is 11.0. The molecule has 9 heteroatoms. The van der Waals surface area contributed by atoms with Gasteiger partial charge in [-0.15, -0.1) is 0 Å². The lowest BCUT2D eigenvalue weighted by molar-refractivity contribution is -0.120. The average molecular weight is 451 g/mol. The summed E-state index contributed by atoms with van der Waals surface area (Å²) in [6.45, 7) is 1.35. The van der Waals surface area contributed by atoms with Gasteiger partial charge in [0.05, 0.1) is 11.8 Å². The summed E-state index contributed by atoms with van der Waals surface area (Å²) in [5.41, 5.74) is 2.83. The van der Waals surface area contributed by atoms with Crippen molar-refractivity contribution >= 4 is 29.2 Å². The van der Waals surface area contributed by atoms with Crippen LogP contribution >= 0.6 is 11.6 Å². The van der Waals surface area contributed by atoms with Crippen LogP contribution in [0.4, 0.5) is 5.95 Å². The molecule has 2 aliphatic rings. The van der Waals surface area contributed by atoms with E-state index in [0.29, 0.717) is 17.5 Å². The lowest BCUT2D eigenvalue weighted by Gasteiger charge is -2.32. The molecule has 32 heavy (non-hydrogen) atoms. The van der Waals surface area contributed by atoms with Gasteiger partial charge in [0.25, 0.3) is 5.95 Å². The van der Waals surface area contributed by atoms with Crippen LogP contribution in [-0.2, 0) is 9.53 Å². The Morgan fingerprint density at radius 1 is 1.16 bits per heavy atom. The van der Waals surface area contributed by atoms with Gasteiger partial charge >= 0.3 is 0 Å². The summed E-state index contributed by atoms with van der Waals surface area (Å²) in [4.78, 5) is 14.7. The molecule has 1 aromatic heterocycles. The molecular weight excluding hydrogens is 428 g/mol. The molecular formula is C23H23ClN6O2. The molecule has 0 saturated carbocycles. The van der Waals surface area contributed by atoms with E-state index in [1.807, 2.05) is 59.5 Å². The number of hydrogen-bond donors (Lipinski definition) is 1. The van der Waals surface area contributed by atoms with Crippen LogP contribution in [0.5, 0.6) is 0 Å². The number of tetrazole rings is 1. The van der Waals surface area contributed by atoms with Crippen molar-refractivity contribution in [2.75, 3.05) is 24.6 Å². The fraction of sp³-hybridized carbons (Fsp3) is 0.304. The van der Waals surface area contributed by atoms with Crippen molar-refractivity contribution in [3.8, 4) is 0 Å². The number of halogens is 1. The minimum absolute atomic E-state index is 0.0827. The Labute approximate surface area is 190 Å². The number of ether oxygens (including phenoxy) is 1. The van der Waals surface area contributed by atoms with Gasteiger partial charge in [0.1, 0.15) is 12.6 Å². The SMILES string of the molecule is O=C(CN1C(c2ccc(Cl)cc2)=CC(c2ccccc2)n2nnnc21)NCC1CCCO1. The van der Waals surface area contributed by atoms with E-state index in [-0.39, 0.29) is 24.6 Å². The molecule has 2 atom stereocenters. The molecule has 1 amide bonds.